The van der Waals surface area contributed by atoms with Crippen LogP contribution in [0.5, 0.6) is 0 Å². The van der Waals surface area contributed by atoms with E-state index in [4.69, 9.17) is 11.6 Å². The molecular formula is C7H12ClN3. The van der Waals surface area contributed by atoms with Gasteiger partial charge in [0.25, 0.3) is 0 Å². The molecule has 0 aromatic carbocycles. The summed E-state index contributed by atoms with van der Waals surface area (Å²) in [5, 5.41) is 4.26. The van der Waals surface area contributed by atoms with E-state index >= 15 is 0 Å². The highest BCUT2D eigenvalue weighted by Crippen LogP contribution is 2.28. The van der Waals surface area contributed by atoms with Gasteiger partial charge < -0.3 is 5.43 Å². The Hall–Kier alpha value is -0.410. The number of nitrogens with one attached hydrogen (secondary N) is 1. The number of halogens is 1. The molecule has 0 aliphatic carbocycles. The van der Waals surface area contributed by atoms with Crippen molar-refractivity contribution in [3.8, 4) is 0 Å². The first kappa shape index (κ1) is 7.25. The highest BCUT2D eigenvalue weighted by Gasteiger charge is 2.29. The molecule has 62 valence electrons. The number of fused-ring (bicyclic) bond motifs is 1. The summed E-state index contributed by atoms with van der Waals surface area (Å²) in [7, 11) is 2.02. The number of hydrogen-bond donors (Lipinski definition) is 1. The van der Waals surface area contributed by atoms with Gasteiger partial charge in [0.15, 0.2) is 0 Å². The predicted octanol–water partition coefficient (Wildman–Crippen LogP) is 0.898. The molecule has 0 amide bonds. The Morgan fingerprint density at radius 1 is 1.64 bits per heavy atom. The summed E-state index contributed by atoms with van der Waals surface area (Å²) < 4.78 is 0. The standard InChI is InChI=1S/C7H12ClN3/c1-10-9-6(5-8)7-3-2-4-11(7)10/h9H,2-5H2,1H3. The Balaban J connectivity index is 2.24. The summed E-state index contributed by atoms with van der Waals surface area (Å²) in [5.74, 6) is 0.593. The van der Waals surface area contributed by atoms with Crippen LogP contribution in [-0.4, -0.2) is 29.6 Å². The maximum Gasteiger partial charge on any atom is 0.0654 e. The van der Waals surface area contributed by atoms with Crippen molar-refractivity contribution in [2.24, 2.45) is 0 Å². The number of alkyl halides is 1. The number of hydrogen-bond acceptors (Lipinski definition) is 3. The van der Waals surface area contributed by atoms with Crippen molar-refractivity contribution in [1.29, 1.82) is 0 Å². The molecule has 3 nitrogen and oxygen atoms in total. The lowest BCUT2D eigenvalue weighted by Gasteiger charge is -2.22. The Kier molecular flexibility index (Phi) is 1.69. The van der Waals surface area contributed by atoms with Crippen LogP contribution in [0, 0.1) is 0 Å². The van der Waals surface area contributed by atoms with E-state index < -0.39 is 0 Å². The van der Waals surface area contributed by atoms with Gasteiger partial charge in [-0.15, -0.1) is 16.7 Å². The number of rotatable bonds is 1. The first-order valence-electron chi connectivity index (χ1n) is 3.89. The lowest BCUT2D eigenvalue weighted by Crippen LogP contribution is -2.38. The van der Waals surface area contributed by atoms with E-state index in [9.17, 15) is 0 Å². The lowest BCUT2D eigenvalue weighted by atomic mass is 10.3. The molecule has 4 heteroatoms. The molecule has 0 unspecified atom stereocenters. The maximum atomic E-state index is 5.77. The quantitative estimate of drug-likeness (QED) is 0.595. The first-order valence-corrected chi connectivity index (χ1v) is 4.42. The summed E-state index contributed by atoms with van der Waals surface area (Å²) in [4.78, 5) is 0. The van der Waals surface area contributed by atoms with Crippen LogP contribution in [0.1, 0.15) is 12.8 Å². The van der Waals surface area contributed by atoms with Gasteiger partial charge in [0.2, 0.25) is 0 Å². The van der Waals surface area contributed by atoms with Gasteiger partial charge in [-0.3, -0.25) is 5.01 Å². The van der Waals surface area contributed by atoms with Crippen molar-refractivity contribution in [2.75, 3.05) is 19.5 Å². The third-order valence-corrected chi connectivity index (χ3v) is 2.50. The van der Waals surface area contributed by atoms with E-state index in [0.29, 0.717) is 5.88 Å². The molecule has 2 heterocycles. The van der Waals surface area contributed by atoms with Gasteiger partial charge in [0.05, 0.1) is 17.3 Å². The molecule has 1 N–H and O–H groups in total. The van der Waals surface area contributed by atoms with Crippen LogP contribution in [0.3, 0.4) is 0 Å². The van der Waals surface area contributed by atoms with Gasteiger partial charge in [-0.1, -0.05) is 0 Å². The van der Waals surface area contributed by atoms with Crippen LogP contribution in [0.15, 0.2) is 11.4 Å². The van der Waals surface area contributed by atoms with Gasteiger partial charge in [0, 0.05) is 13.6 Å². The highest BCUT2D eigenvalue weighted by atomic mass is 35.5. The first-order chi connectivity index (χ1) is 5.33. The second-order valence-electron chi connectivity index (χ2n) is 2.92. The largest absolute Gasteiger partial charge is 0.303 e. The predicted molar refractivity (Wildman–Crippen MR) is 44.6 cm³/mol. The van der Waals surface area contributed by atoms with Crippen LogP contribution in [-0.2, 0) is 0 Å². The van der Waals surface area contributed by atoms with E-state index in [2.05, 4.69) is 10.4 Å². The molecule has 11 heavy (non-hydrogen) atoms. The van der Waals surface area contributed by atoms with Gasteiger partial charge in [-0.25, -0.2) is 0 Å². The van der Waals surface area contributed by atoms with Crippen LogP contribution in [0.25, 0.3) is 0 Å². The zero-order chi connectivity index (χ0) is 7.84. The third kappa shape index (κ3) is 0.993. The van der Waals surface area contributed by atoms with E-state index in [0.717, 1.165) is 6.54 Å². The smallest absolute Gasteiger partial charge is 0.0654 e. The fourth-order valence-electron chi connectivity index (χ4n) is 1.73. The minimum Gasteiger partial charge on any atom is -0.303 e. The zero-order valence-electron chi connectivity index (χ0n) is 6.60. The average Bonchev–Trinajstić information content (AvgIpc) is 2.54. The van der Waals surface area contributed by atoms with Crippen molar-refractivity contribution in [3.05, 3.63) is 11.4 Å². The molecule has 2 aliphatic rings. The van der Waals surface area contributed by atoms with Gasteiger partial charge in [0.1, 0.15) is 0 Å². The minimum atomic E-state index is 0.593. The monoisotopic (exact) mass is 173 g/mol. The van der Waals surface area contributed by atoms with Crippen molar-refractivity contribution in [1.82, 2.24) is 15.6 Å². The van der Waals surface area contributed by atoms with Crippen molar-refractivity contribution in [2.45, 2.75) is 12.8 Å². The van der Waals surface area contributed by atoms with Crippen LogP contribution in [0.4, 0.5) is 0 Å². The van der Waals surface area contributed by atoms with Crippen LogP contribution < -0.4 is 5.43 Å². The Bertz CT molecular complexity index is 202. The molecule has 0 saturated carbocycles. The molecule has 2 rings (SSSR count). The topological polar surface area (TPSA) is 18.5 Å². The fourth-order valence-corrected chi connectivity index (χ4v) is 1.94. The molecule has 0 spiro atoms. The minimum absolute atomic E-state index is 0.593. The van der Waals surface area contributed by atoms with E-state index in [1.807, 2.05) is 12.2 Å². The second kappa shape index (κ2) is 2.57. The van der Waals surface area contributed by atoms with Crippen molar-refractivity contribution >= 4 is 11.6 Å². The summed E-state index contributed by atoms with van der Waals surface area (Å²) in [5.41, 5.74) is 5.76. The second-order valence-corrected chi connectivity index (χ2v) is 3.19. The van der Waals surface area contributed by atoms with E-state index in [1.54, 1.807) is 0 Å². The van der Waals surface area contributed by atoms with Gasteiger partial charge in [-0.2, -0.15) is 0 Å². The third-order valence-electron chi connectivity index (χ3n) is 2.24. The molecular weight excluding hydrogens is 162 g/mol. The number of nitrogens with zero attached hydrogens (tertiary/aromatic N) is 2. The molecule has 1 saturated heterocycles. The molecule has 2 aliphatic heterocycles. The Labute approximate surface area is 71.5 Å². The van der Waals surface area contributed by atoms with Crippen molar-refractivity contribution < 1.29 is 0 Å². The number of hydrazine groups is 2. The molecule has 0 bridgehead atoms. The fraction of sp³-hybridized carbons (Fsp3) is 0.714. The lowest BCUT2D eigenvalue weighted by molar-refractivity contribution is 0.0401. The summed E-state index contributed by atoms with van der Waals surface area (Å²) in [6.45, 7) is 1.12. The van der Waals surface area contributed by atoms with Crippen molar-refractivity contribution in [3.63, 3.8) is 0 Å². The Morgan fingerprint density at radius 2 is 2.45 bits per heavy atom. The number of allylic oxidation sites excluding steroid dienone is 2. The molecule has 0 aromatic rings. The summed E-state index contributed by atoms with van der Waals surface area (Å²) >= 11 is 5.77. The molecule has 0 aromatic heterocycles. The zero-order valence-corrected chi connectivity index (χ0v) is 7.36. The van der Waals surface area contributed by atoms with Crippen LogP contribution >= 0.6 is 11.6 Å². The van der Waals surface area contributed by atoms with Gasteiger partial charge >= 0.3 is 0 Å². The molecule has 0 radical (unpaired) electrons. The Morgan fingerprint density at radius 3 is 3.18 bits per heavy atom. The SMILES string of the molecule is CN1NC(CCl)=C2CCCN21. The summed E-state index contributed by atoms with van der Waals surface area (Å²) in [6, 6.07) is 0. The molecule has 0 atom stereocenters. The van der Waals surface area contributed by atoms with Crippen LogP contribution in [0.2, 0.25) is 0 Å². The molecule has 1 fully saturated rings. The average molecular weight is 174 g/mol. The highest BCUT2D eigenvalue weighted by molar-refractivity contribution is 6.19. The normalized spacial score (nSPS) is 24.4. The van der Waals surface area contributed by atoms with Gasteiger partial charge in [-0.05, 0) is 12.8 Å². The van der Waals surface area contributed by atoms with E-state index in [-0.39, 0.29) is 0 Å². The van der Waals surface area contributed by atoms with E-state index in [1.165, 1.54) is 24.2 Å². The maximum absolute atomic E-state index is 5.77. The summed E-state index contributed by atoms with van der Waals surface area (Å²) in [6.07, 6.45) is 2.42.